The van der Waals surface area contributed by atoms with Crippen molar-refractivity contribution in [2.24, 2.45) is 0 Å². The molecule has 162 valence electrons. The van der Waals surface area contributed by atoms with Crippen molar-refractivity contribution < 1.29 is 5.11 Å². The number of aromatic hydroxyl groups is 1. The Morgan fingerprint density at radius 1 is 0.714 bits per heavy atom. The molecule has 0 saturated carbocycles. The van der Waals surface area contributed by atoms with Crippen LogP contribution in [0, 0.1) is 0 Å². The van der Waals surface area contributed by atoms with Crippen LogP contribution < -0.4 is 0 Å². The standard InChI is InChI=1S/C24H41ClOS2/c1-2-3-4-5-6-7-8-9-10-11-12-13-14-15-16-17-20-27-28-22-18-19-24(26)23(25)21-22/h18-19,21,26H,2-17,20H2,1H3. The highest BCUT2D eigenvalue weighted by molar-refractivity contribution is 8.76. The largest absolute Gasteiger partial charge is 0.506 e. The van der Waals surface area contributed by atoms with E-state index in [0.717, 1.165) is 4.90 Å². The number of phenols is 1. The number of phenolic OH excluding ortho intramolecular Hbond substituents is 1. The molecular formula is C24H41ClOS2. The van der Waals surface area contributed by atoms with Gasteiger partial charge in [-0.25, -0.2) is 0 Å². The lowest BCUT2D eigenvalue weighted by Gasteiger charge is -2.04. The second-order valence-corrected chi connectivity index (χ2v) is 10.7. The zero-order chi connectivity index (χ0) is 20.3. The summed E-state index contributed by atoms with van der Waals surface area (Å²) < 4.78 is 0. The van der Waals surface area contributed by atoms with E-state index in [-0.39, 0.29) is 5.75 Å². The third-order valence-corrected chi connectivity index (χ3v) is 7.91. The SMILES string of the molecule is CCCCCCCCCCCCCCCCCCSSc1ccc(O)c(Cl)c1. The van der Waals surface area contributed by atoms with Crippen LogP contribution in [-0.2, 0) is 0 Å². The zero-order valence-electron chi connectivity index (χ0n) is 17.9. The van der Waals surface area contributed by atoms with Crippen molar-refractivity contribution in [3.05, 3.63) is 23.2 Å². The van der Waals surface area contributed by atoms with Gasteiger partial charge in [-0.2, -0.15) is 0 Å². The van der Waals surface area contributed by atoms with Gasteiger partial charge in [0.1, 0.15) is 5.75 Å². The van der Waals surface area contributed by atoms with E-state index in [1.54, 1.807) is 16.9 Å². The monoisotopic (exact) mass is 444 g/mol. The highest BCUT2D eigenvalue weighted by Crippen LogP contribution is 2.35. The Morgan fingerprint density at radius 3 is 1.64 bits per heavy atom. The van der Waals surface area contributed by atoms with E-state index in [4.69, 9.17) is 11.6 Å². The maximum absolute atomic E-state index is 9.42. The maximum atomic E-state index is 9.42. The molecular weight excluding hydrogens is 404 g/mol. The van der Waals surface area contributed by atoms with E-state index < -0.39 is 0 Å². The molecule has 28 heavy (non-hydrogen) atoms. The molecule has 0 saturated heterocycles. The molecule has 0 atom stereocenters. The fourth-order valence-electron chi connectivity index (χ4n) is 3.36. The molecule has 4 heteroatoms. The van der Waals surface area contributed by atoms with Crippen molar-refractivity contribution in [3.63, 3.8) is 0 Å². The Kier molecular flexibility index (Phi) is 17.7. The van der Waals surface area contributed by atoms with Crippen LogP contribution in [0.3, 0.4) is 0 Å². The van der Waals surface area contributed by atoms with Gasteiger partial charge < -0.3 is 5.11 Å². The average Bonchev–Trinajstić information content (AvgIpc) is 2.69. The third-order valence-electron chi connectivity index (χ3n) is 5.16. The van der Waals surface area contributed by atoms with Gasteiger partial charge in [0.05, 0.1) is 5.02 Å². The van der Waals surface area contributed by atoms with Crippen LogP contribution in [0.25, 0.3) is 0 Å². The van der Waals surface area contributed by atoms with Crippen LogP contribution >= 0.6 is 33.2 Å². The first-order chi connectivity index (χ1) is 13.7. The molecule has 1 aromatic carbocycles. The predicted molar refractivity (Wildman–Crippen MR) is 131 cm³/mol. The number of hydrogen-bond acceptors (Lipinski definition) is 3. The van der Waals surface area contributed by atoms with Crippen LogP contribution in [0.5, 0.6) is 5.75 Å². The van der Waals surface area contributed by atoms with Crippen molar-refractivity contribution in [3.8, 4) is 5.75 Å². The van der Waals surface area contributed by atoms with Crippen molar-refractivity contribution in [1.29, 1.82) is 0 Å². The van der Waals surface area contributed by atoms with Crippen molar-refractivity contribution in [1.82, 2.24) is 0 Å². The van der Waals surface area contributed by atoms with Gasteiger partial charge in [0.15, 0.2) is 0 Å². The summed E-state index contributed by atoms with van der Waals surface area (Å²) in [5, 5.41) is 9.86. The minimum atomic E-state index is 0.161. The van der Waals surface area contributed by atoms with Gasteiger partial charge in [0.2, 0.25) is 0 Å². The molecule has 0 bridgehead atoms. The molecule has 0 unspecified atom stereocenters. The second-order valence-electron chi connectivity index (χ2n) is 7.82. The number of hydrogen-bond donors (Lipinski definition) is 1. The number of rotatable bonds is 19. The number of unbranched alkanes of at least 4 members (excludes halogenated alkanes) is 15. The fraction of sp³-hybridized carbons (Fsp3) is 0.750. The predicted octanol–water partition coefficient (Wildman–Crippen LogP) is 10.0. The molecule has 1 N–H and O–H groups in total. The zero-order valence-corrected chi connectivity index (χ0v) is 20.3. The molecule has 0 amide bonds. The highest BCUT2D eigenvalue weighted by atomic mass is 35.5. The maximum Gasteiger partial charge on any atom is 0.134 e. The average molecular weight is 445 g/mol. The summed E-state index contributed by atoms with van der Waals surface area (Å²) in [7, 11) is 3.64. The van der Waals surface area contributed by atoms with Crippen LogP contribution in [0.1, 0.15) is 110 Å². The first-order valence-electron chi connectivity index (χ1n) is 11.5. The van der Waals surface area contributed by atoms with Gasteiger partial charge in [-0.1, -0.05) is 136 Å². The van der Waals surface area contributed by atoms with E-state index in [0.29, 0.717) is 5.02 Å². The third kappa shape index (κ3) is 14.9. The van der Waals surface area contributed by atoms with Crippen molar-refractivity contribution >= 4 is 33.2 Å². The quantitative estimate of drug-likeness (QED) is 0.169. The van der Waals surface area contributed by atoms with Gasteiger partial charge in [0.25, 0.3) is 0 Å². The summed E-state index contributed by atoms with van der Waals surface area (Å²) in [6.45, 7) is 2.29. The summed E-state index contributed by atoms with van der Waals surface area (Å²) in [6.07, 6.45) is 22.7. The molecule has 1 nitrogen and oxygen atoms in total. The Morgan fingerprint density at radius 2 is 1.18 bits per heavy atom. The minimum absolute atomic E-state index is 0.161. The minimum Gasteiger partial charge on any atom is -0.506 e. The lowest BCUT2D eigenvalue weighted by molar-refractivity contribution is 0.475. The van der Waals surface area contributed by atoms with Gasteiger partial charge in [-0.3, -0.25) is 0 Å². The molecule has 0 aliphatic carbocycles. The molecule has 0 fully saturated rings. The Balaban J connectivity index is 1.75. The summed E-state index contributed by atoms with van der Waals surface area (Å²) in [5.41, 5.74) is 0. The van der Waals surface area contributed by atoms with Crippen LogP contribution in [0.4, 0.5) is 0 Å². The van der Waals surface area contributed by atoms with E-state index in [1.165, 1.54) is 108 Å². The summed E-state index contributed by atoms with van der Waals surface area (Å²) in [5.74, 6) is 1.34. The summed E-state index contributed by atoms with van der Waals surface area (Å²) in [4.78, 5) is 1.12. The molecule has 0 spiro atoms. The van der Waals surface area contributed by atoms with Crippen molar-refractivity contribution in [2.45, 2.75) is 115 Å². The lowest BCUT2D eigenvalue weighted by Crippen LogP contribution is -1.84. The van der Waals surface area contributed by atoms with E-state index in [9.17, 15) is 5.11 Å². The Labute approximate surface area is 187 Å². The number of benzene rings is 1. The van der Waals surface area contributed by atoms with E-state index >= 15 is 0 Å². The smallest absolute Gasteiger partial charge is 0.134 e. The molecule has 1 rings (SSSR count). The molecule has 0 radical (unpaired) electrons. The Bertz CT molecular complexity index is 482. The van der Waals surface area contributed by atoms with Gasteiger partial charge in [-0.15, -0.1) is 0 Å². The molecule has 0 aromatic heterocycles. The molecule has 0 aliphatic rings. The first kappa shape index (κ1) is 26.0. The fourth-order valence-corrected chi connectivity index (χ4v) is 5.76. The van der Waals surface area contributed by atoms with Crippen molar-refractivity contribution in [2.75, 3.05) is 5.75 Å². The van der Waals surface area contributed by atoms with Gasteiger partial charge in [-0.05, 0) is 24.6 Å². The van der Waals surface area contributed by atoms with Crippen LogP contribution in [0.15, 0.2) is 23.1 Å². The van der Waals surface area contributed by atoms with Crippen LogP contribution in [0.2, 0.25) is 5.02 Å². The van der Waals surface area contributed by atoms with Crippen LogP contribution in [-0.4, -0.2) is 10.9 Å². The van der Waals surface area contributed by atoms with Gasteiger partial charge >= 0.3 is 0 Å². The summed E-state index contributed by atoms with van der Waals surface area (Å²) >= 11 is 5.93. The normalized spacial score (nSPS) is 11.2. The van der Waals surface area contributed by atoms with E-state index in [1.807, 2.05) is 22.9 Å². The lowest BCUT2D eigenvalue weighted by atomic mass is 10.0. The Hall–Kier alpha value is 0.01000. The van der Waals surface area contributed by atoms with Gasteiger partial charge in [0, 0.05) is 10.6 Å². The second kappa shape index (κ2) is 19.0. The molecule has 0 aliphatic heterocycles. The summed E-state index contributed by atoms with van der Waals surface area (Å²) in [6, 6.07) is 5.43. The first-order valence-corrected chi connectivity index (χ1v) is 14.2. The molecule has 0 heterocycles. The topological polar surface area (TPSA) is 20.2 Å². The van der Waals surface area contributed by atoms with E-state index in [2.05, 4.69) is 6.92 Å². The molecule has 1 aromatic rings. The number of halogens is 1. The highest BCUT2D eigenvalue weighted by Gasteiger charge is 2.01.